The molecule has 1 aromatic rings. The molecule has 0 spiro atoms. The third-order valence-corrected chi connectivity index (χ3v) is 5.30. The Labute approximate surface area is 143 Å². The largest absolute Gasteiger partial charge is 0.481 e. The maximum absolute atomic E-state index is 12.5. The van der Waals surface area contributed by atoms with Crippen LogP contribution >= 0.6 is 0 Å². The molecule has 130 valence electrons. The van der Waals surface area contributed by atoms with Gasteiger partial charge in [-0.05, 0) is 55.1 Å². The van der Waals surface area contributed by atoms with E-state index in [4.69, 9.17) is 5.11 Å². The number of hydrogen-bond acceptors (Lipinski definition) is 2. The average Bonchev–Trinajstić information content (AvgIpc) is 3.27. The Morgan fingerprint density at radius 3 is 2.17 bits per heavy atom. The van der Waals surface area contributed by atoms with Gasteiger partial charge in [0.2, 0.25) is 5.91 Å². The van der Waals surface area contributed by atoms with Gasteiger partial charge in [0.05, 0.1) is 17.9 Å². The zero-order valence-corrected chi connectivity index (χ0v) is 14.5. The number of benzene rings is 1. The predicted molar refractivity (Wildman–Crippen MR) is 92.4 cm³/mol. The molecule has 0 saturated heterocycles. The van der Waals surface area contributed by atoms with Crippen molar-refractivity contribution in [1.82, 2.24) is 5.32 Å². The maximum Gasteiger partial charge on any atom is 0.307 e. The van der Waals surface area contributed by atoms with Crippen molar-refractivity contribution >= 4 is 11.9 Å². The molecule has 0 heterocycles. The molecule has 0 aromatic heterocycles. The van der Waals surface area contributed by atoms with Crippen LogP contribution in [0.1, 0.15) is 56.7 Å². The number of carbonyl (C=O) groups is 2. The highest BCUT2D eigenvalue weighted by Gasteiger charge is 2.43. The summed E-state index contributed by atoms with van der Waals surface area (Å²) in [4.78, 5) is 23.6. The molecule has 1 amide bonds. The van der Waals surface area contributed by atoms with Gasteiger partial charge >= 0.3 is 5.97 Å². The third kappa shape index (κ3) is 3.80. The van der Waals surface area contributed by atoms with Gasteiger partial charge in [-0.2, -0.15) is 0 Å². The first-order valence-electron chi connectivity index (χ1n) is 9.07. The van der Waals surface area contributed by atoms with Crippen molar-refractivity contribution in [3.8, 4) is 0 Å². The van der Waals surface area contributed by atoms with Gasteiger partial charge in [0.15, 0.2) is 0 Å². The number of amides is 1. The Morgan fingerprint density at radius 1 is 1.08 bits per heavy atom. The second-order valence-electron chi connectivity index (χ2n) is 7.79. The number of carbonyl (C=O) groups excluding carboxylic acids is 1. The normalized spacial score (nSPS) is 24.3. The zero-order chi connectivity index (χ0) is 17.3. The number of carboxylic acids is 1. The van der Waals surface area contributed by atoms with Crippen LogP contribution in [0.4, 0.5) is 0 Å². The van der Waals surface area contributed by atoms with Crippen LogP contribution in [0.25, 0.3) is 0 Å². The molecular formula is C20H27NO3. The van der Waals surface area contributed by atoms with E-state index in [0.717, 1.165) is 24.8 Å². The third-order valence-electron chi connectivity index (χ3n) is 5.30. The van der Waals surface area contributed by atoms with Crippen molar-refractivity contribution in [2.45, 2.75) is 52.0 Å². The first kappa shape index (κ1) is 17.0. The second-order valence-corrected chi connectivity index (χ2v) is 7.79. The van der Waals surface area contributed by atoms with Gasteiger partial charge in [0, 0.05) is 0 Å². The molecule has 3 unspecified atom stereocenters. The molecule has 2 saturated carbocycles. The van der Waals surface area contributed by atoms with Crippen molar-refractivity contribution in [2.24, 2.45) is 23.7 Å². The summed E-state index contributed by atoms with van der Waals surface area (Å²) in [5.74, 6) is -0.670. The lowest BCUT2D eigenvalue weighted by Gasteiger charge is -2.33. The Balaban J connectivity index is 1.67. The van der Waals surface area contributed by atoms with E-state index in [0.29, 0.717) is 24.7 Å². The van der Waals surface area contributed by atoms with Crippen LogP contribution in [0.2, 0.25) is 0 Å². The fraction of sp³-hybridized carbons (Fsp3) is 0.600. The highest BCUT2D eigenvalue weighted by Crippen LogP contribution is 2.42. The van der Waals surface area contributed by atoms with Crippen molar-refractivity contribution in [3.05, 3.63) is 35.4 Å². The summed E-state index contributed by atoms with van der Waals surface area (Å²) in [6.07, 6.45) is 4.62. The fourth-order valence-electron chi connectivity index (χ4n) is 3.61. The summed E-state index contributed by atoms with van der Waals surface area (Å²) < 4.78 is 0. The molecule has 3 rings (SSSR count). The van der Waals surface area contributed by atoms with Gasteiger partial charge < -0.3 is 10.4 Å². The molecule has 4 heteroatoms. The summed E-state index contributed by atoms with van der Waals surface area (Å²) in [6.45, 7) is 4.41. The molecule has 2 N–H and O–H groups in total. The van der Waals surface area contributed by atoms with Gasteiger partial charge in [0.25, 0.3) is 0 Å². The van der Waals surface area contributed by atoms with E-state index in [-0.39, 0.29) is 17.9 Å². The van der Waals surface area contributed by atoms with Crippen LogP contribution < -0.4 is 5.32 Å². The standard InChI is InChI=1S/C20H27NO3/c1-12(2)11-13-3-5-14(6-4-13)18(15-7-8-15)21-19(22)16-9-10-17(16)20(23)24/h3-6,12,15-18H,7-11H2,1-2H3,(H,21,22)(H,23,24). The van der Waals surface area contributed by atoms with E-state index in [1.165, 1.54) is 5.56 Å². The zero-order valence-electron chi connectivity index (χ0n) is 14.5. The number of rotatable bonds is 7. The summed E-state index contributed by atoms with van der Waals surface area (Å²) in [5.41, 5.74) is 2.46. The quantitative estimate of drug-likeness (QED) is 0.804. The van der Waals surface area contributed by atoms with Crippen molar-refractivity contribution < 1.29 is 14.7 Å². The highest BCUT2D eigenvalue weighted by molar-refractivity contribution is 5.86. The van der Waals surface area contributed by atoms with E-state index < -0.39 is 11.9 Å². The van der Waals surface area contributed by atoms with Gasteiger partial charge in [-0.15, -0.1) is 0 Å². The van der Waals surface area contributed by atoms with E-state index in [9.17, 15) is 9.59 Å². The average molecular weight is 329 g/mol. The van der Waals surface area contributed by atoms with E-state index in [2.05, 4.69) is 43.4 Å². The van der Waals surface area contributed by atoms with Crippen LogP contribution in [0.3, 0.4) is 0 Å². The summed E-state index contributed by atoms with van der Waals surface area (Å²) >= 11 is 0. The molecule has 4 nitrogen and oxygen atoms in total. The van der Waals surface area contributed by atoms with Crippen LogP contribution in [-0.4, -0.2) is 17.0 Å². The Morgan fingerprint density at radius 2 is 1.71 bits per heavy atom. The van der Waals surface area contributed by atoms with E-state index in [1.807, 2.05) is 0 Å². The van der Waals surface area contributed by atoms with Gasteiger partial charge in [-0.3, -0.25) is 9.59 Å². The van der Waals surface area contributed by atoms with E-state index >= 15 is 0 Å². The molecule has 0 aliphatic heterocycles. The Bertz CT molecular complexity index is 604. The minimum Gasteiger partial charge on any atom is -0.481 e. The molecular weight excluding hydrogens is 302 g/mol. The molecule has 2 aliphatic rings. The van der Waals surface area contributed by atoms with Crippen LogP contribution in [0, 0.1) is 23.7 Å². The van der Waals surface area contributed by atoms with Crippen molar-refractivity contribution in [3.63, 3.8) is 0 Å². The number of carboxylic acid groups (broad SMARTS) is 1. The Hall–Kier alpha value is -1.84. The number of hydrogen-bond donors (Lipinski definition) is 2. The second kappa shape index (κ2) is 6.96. The lowest BCUT2D eigenvalue weighted by Crippen LogP contribution is -2.45. The van der Waals surface area contributed by atoms with Crippen LogP contribution in [0.15, 0.2) is 24.3 Å². The topological polar surface area (TPSA) is 66.4 Å². The molecule has 2 fully saturated rings. The highest BCUT2D eigenvalue weighted by atomic mass is 16.4. The first-order valence-corrected chi connectivity index (χ1v) is 9.07. The molecule has 2 aliphatic carbocycles. The van der Waals surface area contributed by atoms with Crippen LogP contribution in [0.5, 0.6) is 0 Å². The molecule has 1 aromatic carbocycles. The smallest absolute Gasteiger partial charge is 0.307 e. The maximum atomic E-state index is 12.5. The summed E-state index contributed by atoms with van der Waals surface area (Å²) in [5, 5.41) is 12.3. The lowest BCUT2D eigenvalue weighted by molar-refractivity contribution is -0.153. The summed E-state index contributed by atoms with van der Waals surface area (Å²) in [7, 11) is 0. The SMILES string of the molecule is CC(C)Cc1ccc(C(NC(=O)C2CCC2C(=O)O)C2CC2)cc1. The molecule has 3 atom stereocenters. The van der Waals surface area contributed by atoms with Crippen molar-refractivity contribution in [1.29, 1.82) is 0 Å². The minimum atomic E-state index is -0.845. The molecule has 24 heavy (non-hydrogen) atoms. The van der Waals surface area contributed by atoms with Gasteiger partial charge in [-0.25, -0.2) is 0 Å². The van der Waals surface area contributed by atoms with Gasteiger partial charge in [0.1, 0.15) is 0 Å². The fourth-order valence-corrected chi connectivity index (χ4v) is 3.61. The lowest BCUT2D eigenvalue weighted by atomic mass is 9.73. The Kier molecular flexibility index (Phi) is 4.93. The summed E-state index contributed by atoms with van der Waals surface area (Å²) in [6, 6.07) is 8.58. The van der Waals surface area contributed by atoms with Crippen molar-refractivity contribution in [2.75, 3.05) is 0 Å². The van der Waals surface area contributed by atoms with Crippen LogP contribution in [-0.2, 0) is 16.0 Å². The first-order chi connectivity index (χ1) is 11.5. The van der Waals surface area contributed by atoms with Gasteiger partial charge in [-0.1, -0.05) is 38.1 Å². The molecule has 0 radical (unpaired) electrons. The monoisotopic (exact) mass is 329 g/mol. The number of aliphatic carboxylic acids is 1. The van der Waals surface area contributed by atoms with E-state index in [1.54, 1.807) is 0 Å². The molecule has 0 bridgehead atoms. The minimum absolute atomic E-state index is 0.0284. The predicted octanol–water partition coefficient (Wildman–Crippen LogP) is 3.56. The number of nitrogens with one attached hydrogen (secondary N) is 1.